The van der Waals surface area contributed by atoms with E-state index in [9.17, 15) is 0 Å². The quantitative estimate of drug-likeness (QED) is 0.184. The van der Waals surface area contributed by atoms with Gasteiger partial charge in [-0.15, -0.1) is 0 Å². The van der Waals surface area contributed by atoms with Gasteiger partial charge in [-0.05, 0) is 109 Å². The van der Waals surface area contributed by atoms with Crippen LogP contribution in [0, 0.1) is 0 Å². The fraction of sp³-hybridized carbons (Fsp3) is 0.0784. The number of rotatable bonds is 4. The van der Waals surface area contributed by atoms with Crippen molar-refractivity contribution in [3.05, 3.63) is 216 Å². The number of anilines is 3. The molecule has 7 aromatic carbocycles. The van der Waals surface area contributed by atoms with Gasteiger partial charge in [-0.2, -0.15) is 0 Å². The number of aromatic nitrogens is 1. The van der Waals surface area contributed by atoms with Crippen molar-refractivity contribution in [3.8, 4) is 44.6 Å². The lowest BCUT2D eigenvalue weighted by Crippen LogP contribution is -2.26. The first kappa shape index (κ1) is 30.1. The van der Waals surface area contributed by atoms with E-state index in [1.54, 1.807) is 0 Å². The summed E-state index contributed by atoms with van der Waals surface area (Å²) in [5.74, 6) is 0. The van der Waals surface area contributed by atoms with Crippen LogP contribution < -0.4 is 4.90 Å². The molecule has 0 saturated carbocycles. The first-order valence-electron chi connectivity index (χ1n) is 18.5. The Morgan fingerprint density at radius 3 is 1.58 bits per heavy atom. The third-order valence-corrected chi connectivity index (χ3v) is 12.1. The molecule has 1 atom stereocenters. The summed E-state index contributed by atoms with van der Waals surface area (Å²) in [6.07, 6.45) is 1.93. The lowest BCUT2D eigenvalue weighted by atomic mass is 9.71. The molecule has 0 fully saturated rings. The molecular weight excluding hydrogens is 641 g/mol. The van der Waals surface area contributed by atoms with E-state index >= 15 is 0 Å². The maximum Gasteiger partial charge on any atom is 0.0753 e. The monoisotopic (exact) mass is 676 g/mol. The Bertz CT molecular complexity index is 2690. The standard InChI is InChI=1S/C51H36N2/c1-50(2)43-18-9-6-15-38(43)40-28-26-36(31-47(40)50)53(35-24-22-34(23-25-35)33-13-4-3-5-14-33)37-27-29-41-39-16-7-10-19-44(39)51(48(41)32-37)45-20-11-8-17-42(45)49-46(51)21-12-30-52-49/h3-32H,1-2H3. The Hall–Kier alpha value is -6.51. The highest BCUT2D eigenvalue weighted by molar-refractivity contribution is 5.96. The van der Waals surface area contributed by atoms with Crippen LogP contribution in [0.25, 0.3) is 44.6 Å². The summed E-state index contributed by atoms with van der Waals surface area (Å²) in [4.78, 5) is 7.46. The van der Waals surface area contributed by atoms with E-state index in [4.69, 9.17) is 4.98 Å². The average molecular weight is 677 g/mol. The lowest BCUT2D eigenvalue weighted by molar-refractivity contribution is 0.660. The van der Waals surface area contributed by atoms with Crippen molar-refractivity contribution < 1.29 is 0 Å². The molecule has 0 N–H and O–H groups in total. The van der Waals surface area contributed by atoms with Gasteiger partial charge in [0, 0.05) is 34.2 Å². The summed E-state index contributed by atoms with van der Waals surface area (Å²) in [5.41, 5.74) is 20.7. The number of benzene rings is 7. The molecule has 250 valence electrons. The predicted octanol–water partition coefficient (Wildman–Crippen LogP) is 12.9. The molecule has 1 heterocycles. The highest BCUT2D eigenvalue weighted by Crippen LogP contribution is 2.63. The Morgan fingerprint density at radius 1 is 0.377 bits per heavy atom. The minimum atomic E-state index is -0.466. The zero-order valence-corrected chi connectivity index (χ0v) is 29.7. The molecule has 53 heavy (non-hydrogen) atoms. The molecule has 8 aromatic rings. The van der Waals surface area contributed by atoms with Gasteiger partial charge in [0.05, 0.1) is 11.1 Å². The molecule has 2 heteroatoms. The minimum absolute atomic E-state index is 0.112. The molecule has 2 nitrogen and oxygen atoms in total. The maximum absolute atomic E-state index is 5.00. The molecule has 0 radical (unpaired) electrons. The highest BCUT2D eigenvalue weighted by atomic mass is 15.1. The van der Waals surface area contributed by atoms with E-state index in [0.29, 0.717) is 0 Å². The van der Waals surface area contributed by atoms with Crippen LogP contribution in [0.2, 0.25) is 0 Å². The second kappa shape index (κ2) is 11.0. The van der Waals surface area contributed by atoms with Crippen LogP contribution in [-0.4, -0.2) is 4.98 Å². The van der Waals surface area contributed by atoms with Crippen LogP contribution in [0.4, 0.5) is 17.1 Å². The van der Waals surface area contributed by atoms with Crippen LogP contribution in [0.15, 0.2) is 182 Å². The Balaban J connectivity index is 1.15. The molecule has 3 aliphatic carbocycles. The van der Waals surface area contributed by atoms with Crippen molar-refractivity contribution in [2.75, 3.05) is 4.90 Å². The predicted molar refractivity (Wildman–Crippen MR) is 218 cm³/mol. The fourth-order valence-corrected chi connectivity index (χ4v) is 9.78. The zero-order chi connectivity index (χ0) is 35.3. The van der Waals surface area contributed by atoms with Crippen LogP contribution in [0.3, 0.4) is 0 Å². The van der Waals surface area contributed by atoms with Gasteiger partial charge in [0.2, 0.25) is 0 Å². The molecule has 0 amide bonds. The molecule has 3 aliphatic rings. The number of hydrogen-bond donors (Lipinski definition) is 0. The molecule has 11 rings (SSSR count). The second-order valence-corrected chi connectivity index (χ2v) is 15.1. The number of pyridine rings is 1. The van der Waals surface area contributed by atoms with Crippen LogP contribution in [0.1, 0.15) is 47.2 Å². The van der Waals surface area contributed by atoms with E-state index < -0.39 is 5.41 Å². The van der Waals surface area contributed by atoms with Gasteiger partial charge < -0.3 is 4.90 Å². The summed E-state index contributed by atoms with van der Waals surface area (Å²) >= 11 is 0. The summed E-state index contributed by atoms with van der Waals surface area (Å²) in [6.45, 7) is 4.72. The fourth-order valence-electron chi connectivity index (χ4n) is 9.78. The number of hydrogen-bond acceptors (Lipinski definition) is 2. The normalized spacial score (nSPS) is 16.3. The van der Waals surface area contributed by atoms with Crippen molar-refractivity contribution >= 4 is 17.1 Å². The van der Waals surface area contributed by atoms with E-state index in [2.05, 4.69) is 195 Å². The Labute approximate surface area is 310 Å². The Morgan fingerprint density at radius 2 is 0.868 bits per heavy atom. The zero-order valence-electron chi connectivity index (χ0n) is 29.7. The Kier molecular flexibility index (Phi) is 6.25. The topological polar surface area (TPSA) is 16.1 Å². The molecule has 0 bridgehead atoms. The summed E-state index contributed by atoms with van der Waals surface area (Å²) in [5, 5.41) is 0. The molecule has 1 aromatic heterocycles. The SMILES string of the molecule is CC1(C)c2ccccc2-c2ccc(N(c3ccc(-c4ccccc4)cc3)c3ccc4c(c3)C3(c5ccccc5-4)c4ccccc4-c4ncccc43)cc21. The summed E-state index contributed by atoms with van der Waals surface area (Å²) < 4.78 is 0. The van der Waals surface area contributed by atoms with Crippen molar-refractivity contribution in [1.29, 1.82) is 0 Å². The van der Waals surface area contributed by atoms with Crippen LogP contribution in [0.5, 0.6) is 0 Å². The molecule has 0 saturated heterocycles. The second-order valence-electron chi connectivity index (χ2n) is 15.1. The maximum atomic E-state index is 5.00. The van der Waals surface area contributed by atoms with Crippen molar-refractivity contribution in [2.45, 2.75) is 24.7 Å². The van der Waals surface area contributed by atoms with Crippen LogP contribution in [-0.2, 0) is 10.8 Å². The molecule has 1 spiro atoms. The van der Waals surface area contributed by atoms with Gasteiger partial charge in [-0.1, -0.05) is 147 Å². The van der Waals surface area contributed by atoms with E-state index in [0.717, 1.165) is 22.8 Å². The van der Waals surface area contributed by atoms with Gasteiger partial charge in [0.15, 0.2) is 0 Å². The van der Waals surface area contributed by atoms with Gasteiger partial charge in [-0.3, -0.25) is 4.98 Å². The van der Waals surface area contributed by atoms with Gasteiger partial charge >= 0.3 is 0 Å². The largest absolute Gasteiger partial charge is 0.310 e. The first-order valence-corrected chi connectivity index (χ1v) is 18.5. The highest BCUT2D eigenvalue weighted by Gasteiger charge is 2.52. The van der Waals surface area contributed by atoms with Crippen molar-refractivity contribution in [1.82, 2.24) is 4.98 Å². The van der Waals surface area contributed by atoms with Gasteiger partial charge in [-0.25, -0.2) is 0 Å². The van der Waals surface area contributed by atoms with Crippen molar-refractivity contribution in [2.24, 2.45) is 0 Å². The minimum Gasteiger partial charge on any atom is -0.310 e. The van der Waals surface area contributed by atoms with E-state index in [1.807, 2.05) is 6.20 Å². The van der Waals surface area contributed by atoms with Gasteiger partial charge in [0.1, 0.15) is 0 Å². The summed E-state index contributed by atoms with van der Waals surface area (Å²) in [7, 11) is 0. The third-order valence-electron chi connectivity index (χ3n) is 12.1. The first-order chi connectivity index (χ1) is 26.0. The number of fused-ring (bicyclic) bond motifs is 13. The molecule has 1 unspecified atom stereocenters. The van der Waals surface area contributed by atoms with E-state index in [1.165, 1.54) is 72.3 Å². The molecular formula is C51H36N2. The van der Waals surface area contributed by atoms with Gasteiger partial charge in [0.25, 0.3) is 0 Å². The third kappa shape index (κ3) is 4.06. The smallest absolute Gasteiger partial charge is 0.0753 e. The van der Waals surface area contributed by atoms with Crippen LogP contribution >= 0.6 is 0 Å². The van der Waals surface area contributed by atoms with E-state index in [-0.39, 0.29) is 5.41 Å². The molecule has 0 aliphatic heterocycles. The average Bonchev–Trinajstić information content (AvgIpc) is 3.77. The van der Waals surface area contributed by atoms with Crippen molar-refractivity contribution in [3.63, 3.8) is 0 Å². The summed E-state index contributed by atoms with van der Waals surface area (Å²) in [6, 6.07) is 65.1. The lowest BCUT2D eigenvalue weighted by Gasteiger charge is -2.32. The number of nitrogens with zero attached hydrogens (tertiary/aromatic N) is 2.